The average molecular weight is 464 g/mol. The van der Waals surface area contributed by atoms with Gasteiger partial charge in [0, 0.05) is 29.4 Å². The van der Waals surface area contributed by atoms with Crippen LogP contribution in [0.3, 0.4) is 0 Å². The lowest BCUT2D eigenvalue weighted by Crippen LogP contribution is -2.37. The molecule has 0 spiro atoms. The number of aromatic amines is 1. The van der Waals surface area contributed by atoms with E-state index in [1.54, 1.807) is 12.1 Å². The van der Waals surface area contributed by atoms with Crippen LogP contribution in [0, 0.1) is 5.41 Å². The van der Waals surface area contributed by atoms with E-state index < -0.39 is 5.92 Å². The van der Waals surface area contributed by atoms with E-state index in [1.165, 1.54) is 11.8 Å². The summed E-state index contributed by atoms with van der Waals surface area (Å²) in [6, 6.07) is 5.31. The first-order valence-electron chi connectivity index (χ1n) is 9.96. The van der Waals surface area contributed by atoms with E-state index in [0.29, 0.717) is 50.6 Å². The Kier molecular flexibility index (Phi) is 5.77. The van der Waals surface area contributed by atoms with Crippen LogP contribution in [0.1, 0.15) is 57.1 Å². The zero-order valence-corrected chi connectivity index (χ0v) is 19.4. The maximum Gasteiger partial charge on any atom is 0.257 e. The summed E-state index contributed by atoms with van der Waals surface area (Å²) < 4.78 is 0. The molecule has 1 aliphatic heterocycles. The van der Waals surface area contributed by atoms with Crippen molar-refractivity contribution < 1.29 is 4.79 Å². The van der Waals surface area contributed by atoms with Gasteiger partial charge in [0.15, 0.2) is 10.9 Å². The largest absolute Gasteiger partial charge is 0.343 e. The lowest BCUT2D eigenvalue weighted by molar-refractivity contribution is -0.118. The Morgan fingerprint density at radius 1 is 1.23 bits per heavy atom. The van der Waals surface area contributed by atoms with Gasteiger partial charge in [-0.1, -0.05) is 67.9 Å². The summed E-state index contributed by atoms with van der Waals surface area (Å²) in [5.74, 6) is 0.754. The normalized spacial score (nSPS) is 19.9. The van der Waals surface area contributed by atoms with Crippen molar-refractivity contribution in [1.82, 2.24) is 9.97 Å². The molecule has 8 heteroatoms. The van der Waals surface area contributed by atoms with Crippen molar-refractivity contribution in [3.63, 3.8) is 0 Å². The lowest BCUT2D eigenvalue weighted by Gasteiger charge is -2.38. The minimum Gasteiger partial charge on any atom is -0.343 e. The Bertz CT molecular complexity index is 1120. The van der Waals surface area contributed by atoms with Gasteiger partial charge in [-0.05, 0) is 29.9 Å². The molecule has 158 valence electrons. The van der Waals surface area contributed by atoms with Gasteiger partial charge in [-0.15, -0.1) is 0 Å². The van der Waals surface area contributed by atoms with Crippen LogP contribution in [0.4, 0.5) is 5.82 Å². The summed E-state index contributed by atoms with van der Waals surface area (Å²) in [7, 11) is 0. The summed E-state index contributed by atoms with van der Waals surface area (Å²) >= 11 is 14.3. The topological polar surface area (TPSA) is 74.8 Å². The molecule has 1 aromatic carbocycles. The first-order chi connectivity index (χ1) is 14.2. The molecule has 1 aromatic heterocycles. The second-order valence-electron chi connectivity index (χ2n) is 8.52. The Balaban J connectivity index is 1.96. The Labute approximate surface area is 189 Å². The van der Waals surface area contributed by atoms with Crippen molar-refractivity contribution in [1.29, 1.82) is 0 Å². The van der Waals surface area contributed by atoms with Crippen LogP contribution >= 0.6 is 35.0 Å². The summed E-state index contributed by atoms with van der Waals surface area (Å²) in [6.45, 7) is 6.22. The fourth-order valence-electron chi connectivity index (χ4n) is 4.21. The quantitative estimate of drug-likeness (QED) is 0.443. The van der Waals surface area contributed by atoms with Crippen LogP contribution in [-0.2, 0) is 4.79 Å². The third kappa shape index (κ3) is 3.81. The number of carbonyl (C=O) groups excluding carboxylic acids is 1. The Morgan fingerprint density at radius 2 is 2.00 bits per heavy atom. The van der Waals surface area contributed by atoms with Crippen LogP contribution in [0.25, 0.3) is 0 Å². The van der Waals surface area contributed by atoms with Crippen molar-refractivity contribution in [2.45, 2.75) is 51.1 Å². The molecule has 0 bridgehead atoms. The number of hydrogen-bond acceptors (Lipinski definition) is 5. The number of allylic oxidation sites excluding steroid dienone is 2. The highest BCUT2D eigenvalue weighted by atomic mass is 35.5. The van der Waals surface area contributed by atoms with E-state index in [1.807, 2.05) is 6.07 Å². The van der Waals surface area contributed by atoms with Gasteiger partial charge in [-0.2, -0.15) is 0 Å². The molecule has 30 heavy (non-hydrogen) atoms. The SMILES string of the molecule is CCCSc1nc2c(c(=O)[nH]1)C(c1cccc(Cl)c1Cl)C1=C(CC(C)(C)CC1=O)N2. The predicted molar refractivity (Wildman–Crippen MR) is 123 cm³/mol. The van der Waals surface area contributed by atoms with Gasteiger partial charge in [0.25, 0.3) is 5.56 Å². The van der Waals surface area contributed by atoms with Gasteiger partial charge in [0.05, 0.1) is 15.6 Å². The molecule has 4 rings (SSSR count). The number of nitrogens with one attached hydrogen (secondary N) is 2. The van der Waals surface area contributed by atoms with Crippen molar-refractivity contribution in [3.8, 4) is 0 Å². The van der Waals surface area contributed by atoms with Crippen LogP contribution < -0.4 is 10.9 Å². The fraction of sp³-hybridized carbons (Fsp3) is 0.409. The van der Waals surface area contributed by atoms with Crippen molar-refractivity contribution >= 4 is 46.6 Å². The second-order valence-corrected chi connectivity index (χ2v) is 10.4. The number of Topliss-reactive ketones (excluding diaryl/α,β-unsaturated/α-hetero) is 1. The Morgan fingerprint density at radius 3 is 2.73 bits per heavy atom. The number of carbonyl (C=O) groups is 1. The average Bonchev–Trinajstić information content (AvgIpc) is 2.66. The van der Waals surface area contributed by atoms with E-state index in [4.69, 9.17) is 23.2 Å². The molecule has 0 fully saturated rings. The third-order valence-corrected chi connectivity index (χ3v) is 7.35. The molecule has 5 nitrogen and oxygen atoms in total. The third-order valence-electron chi connectivity index (χ3n) is 5.44. The first-order valence-corrected chi connectivity index (χ1v) is 11.7. The number of fused-ring (bicyclic) bond motifs is 1. The van der Waals surface area contributed by atoms with E-state index in [2.05, 4.69) is 36.1 Å². The fourth-order valence-corrected chi connectivity index (χ4v) is 5.35. The number of benzene rings is 1. The van der Waals surface area contributed by atoms with Gasteiger partial charge in [0.2, 0.25) is 0 Å². The monoisotopic (exact) mass is 463 g/mol. The molecule has 2 heterocycles. The number of ketones is 1. The maximum atomic E-state index is 13.2. The van der Waals surface area contributed by atoms with E-state index in [9.17, 15) is 9.59 Å². The number of thioether (sulfide) groups is 1. The standard InChI is InChI=1S/C22H23Cl2N3O2S/c1-4-8-30-21-26-19-17(20(29)27-21)15(11-6-5-7-12(23)18(11)24)16-13(25-19)9-22(2,3)10-14(16)28/h5-7,15H,4,8-10H2,1-3H3,(H2,25,26,27,29). The van der Waals surface area contributed by atoms with Crippen LogP contribution in [0.2, 0.25) is 10.0 Å². The molecular weight excluding hydrogens is 441 g/mol. The highest BCUT2D eigenvalue weighted by Gasteiger charge is 2.43. The van der Waals surface area contributed by atoms with Gasteiger partial charge >= 0.3 is 0 Å². The molecule has 1 atom stereocenters. The first kappa shape index (κ1) is 21.5. The van der Waals surface area contributed by atoms with Crippen molar-refractivity contribution in [2.24, 2.45) is 5.41 Å². The predicted octanol–water partition coefficient (Wildman–Crippen LogP) is 5.78. The highest BCUT2D eigenvalue weighted by Crippen LogP contribution is 2.49. The highest BCUT2D eigenvalue weighted by molar-refractivity contribution is 7.99. The van der Waals surface area contributed by atoms with Gasteiger partial charge in [-0.3, -0.25) is 9.59 Å². The van der Waals surface area contributed by atoms with E-state index in [0.717, 1.165) is 17.9 Å². The number of rotatable bonds is 4. The minimum atomic E-state index is -0.604. The second kappa shape index (κ2) is 8.06. The number of nitrogens with zero attached hydrogens (tertiary/aromatic N) is 1. The molecule has 0 saturated carbocycles. The zero-order valence-electron chi connectivity index (χ0n) is 17.1. The van der Waals surface area contributed by atoms with Crippen LogP contribution in [0.5, 0.6) is 0 Å². The summed E-state index contributed by atoms with van der Waals surface area (Å²) in [6.07, 6.45) is 2.07. The van der Waals surface area contributed by atoms with Gasteiger partial charge in [-0.25, -0.2) is 4.98 Å². The Hall–Kier alpha value is -1.76. The van der Waals surface area contributed by atoms with Gasteiger partial charge in [0.1, 0.15) is 5.82 Å². The number of hydrogen-bond donors (Lipinski definition) is 2. The molecule has 2 aromatic rings. The molecule has 1 unspecified atom stereocenters. The molecule has 2 aliphatic rings. The number of halogens is 2. The summed E-state index contributed by atoms with van der Waals surface area (Å²) in [4.78, 5) is 34.0. The number of anilines is 1. The lowest BCUT2D eigenvalue weighted by atomic mass is 9.69. The molecule has 0 radical (unpaired) electrons. The van der Waals surface area contributed by atoms with Crippen LogP contribution in [0.15, 0.2) is 39.4 Å². The van der Waals surface area contributed by atoms with E-state index in [-0.39, 0.29) is 16.8 Å². The zero-order chi connectivity index (χ0) is 21.6. The molecule has 2 N–H and O–H groups in total. The van der Waals surface area contributed by atoms with Crippen molar-refractivity contribution in [2.75, 3.05) is 11.1 Å². The summed E-state index contributed by atoms with van der Waals surface area (Å²) in [5.41, 5.74) is 2.02. The molecule has 1 aliphatic carbocycles. The smallest absolute Gasteiger partial charge is 0.257 e. The number of H-pyrrole nitrogens is 1. The molecule has 0 saturated heterocycles. The van der Waals surface area contributed by atoms with Crippen molar-refractivity contribution in [3.05, 3.63) is 61.0 Å². The minimum absolute atomic E-state index is 0.0178. The van der Waals surface area contributed by atoms with E-state index >= 15 is 0 Å². The van der Waals surface area contributed by atoms with Crippen LogP contribution in [-0.4, -0.2) is 21.5 Å². The molecule has 0 amide bonds. The number of aromatic nitrogens is 2. The molecular formula is C22H23Cl2N3O2S. The van der Waals surface area contributed by atoms with Gasteiger partial charge < -0.3 is 10.3 Å². The maximum absolute atomic E-state index is 13.2. The summed E-state index contributed by atoms with van der Waals surface area (Å²) in [5, 5.41) is 4.62.